The SMILES string of the molecule is CCc1ncnc(-c2ccc(C(=O)N3CCN(C)CC3)c(Cl)c2)c1C#Cc1ccc(NC)nc1. The topological polar surface area (TPSA) is 74.2 Å². The number of nitrogens with zero attached hydrogens (tertiary/aromatic N) is 5. The van der Waals surface area contributed by atoms with E-state index < -0.39 is 0 Å². The number of aromatic nitrogens is 3. The fourth-order valence-corrected chi connectivity index (χ4v) is 4.07. The van der Waals surface area contributed by atoms with Crippen LogP contribution in [-0.4, -0.2) is 70.9 Å². The Hall–Kier alpha value is -3.47. The predicted octanol–water partition coefficient (Wildman–Crippen LogP) is 3.58. The Morgan fingerprint density at radius 1 is 1.09 bits per heavy atom. The first-order chi connectivity index (χ1) is 16.5. The lowest BCUT2D eigenvalue weighted by molar-refractivity contribution is 0.0664. The molecule has 3 aromatic rings. The first-order valence-electron chi connectivity index (χ1n) is 11.3. The number of amides is 1. The monoisotopic (exact) mass is 474 g/mol. The summed E-state index contributed by atoms with van der Waals surface area (Å²) in [4.78, 5) is 30.3. The number of halogens is 1. The van der Waals surface area contributed by atoms with Crippen molar-refractivity contribution in [1.29, 1.82) is 0 Å². The molecule has 1 aromatic carbocycles. The van der Waals surface area contributed by atoms with Crippen LogP contribution in [0.5, 0.6) is 0 Å². The van der Waals surface area contributed by atoms with Gasteiger partial charge in [0.25, 0.3) is 5.91 Å². The third kappa shape index (κ3) is 5.19. The molecule has 1 saturated heterocycles. The lowest BCUT2D eigenvalue weighted by Gasteiger charge is -2.32. The zero-order valence-corrected chi connectivity index (χ0v) is 20.4. The number of aryl methyl sites for hydroxylation is 1. The largest absolute Gasteiger partial charge is 0.373 e. The number of pyridine rings is 1. The van der Waals surface area contributed by atoms with Crippen LogP contribution in [0.1, 0.15) is 34.1 Å². The van der Waals surface area contributed by atoms with Gasteiger partial charge >= 0.3 is 0 Å². The van der Waals surface area contributed by atoms with Crippen molar-refractivity contribution in [2.24, 2.45) is 0 Å². The van der Waals surface area contributed by atoms with Gasteiger partial charge in [-0.2, -0.15) is 0 Å². The number of likely N-dealkylation sites (N-methyl/N-ethyl adjacent to an activating group) is 1. The van der Waals surface area contributed by atoms with Gasteiger partial charge < -0.3 is 15.1 Å². The Labute approximate surface area is 205 Å². The summed E-state index contributed by atoms with van der Waals surface area (Å²) in [6, 6.07) is 9.25. The number of nitrogens with one attached hydrogen (secondary N) is 1. The van der Waals surface area contributed by atoms with Gasteiger partial charge in [0, 0.05) is 50.6 Å². The number of piperazine rings is 1. The maximum atomic E-state index is 13.0. The number of hydrogen-bond acceptors (Lipinski definition) is 6. The van der Waals surface area contributed by atoms with E-state index in [1.54, 1.807) is 24.7 Å². The highest BCUT2D eigenvalue weighted by Crippen LogP contribution is 2.28. The molecule has 0 bridgehead atoms. The van der Waals surface area contributed by atoms with Crippen LogP contribution in [0, 0.1) is 11.8 Å². The van der Waals surface area contributed by atoms with Crippen molar-refractivity contribution in [2.75, 3.05) is 45.6 Å². The average molecular weight is 475 g/mol. The van der Waals surface area contributed by atoms with Crippen LogP contribution in [-0.2, 0) is 6.42 Å². The summed E-state index contributed by atoms with van der Waals surface area (Å²) in [7, 11) is 3.88. The van der Waals surface area contributed by atoms with Gasteiger partial charge in [-0.05, 0) is 37.7 Å². The molecule has 0 spiro atoms. The minimum absolute atomic E-state index is 0.0425. The van der Waals surface area contributed by atoms with Gasteiger partial charge in [-0.25, -0.2) is 15.0 Å². The molecular weight excluding hydrogens is 448 g/mol. The standard InChI is InChI=1S/C26H27ClN6O/c1-4-23-21(8-5-18-6-10-24(28-2)29-16-18)25(31-17-30-23)19-7-9-20(22(27)15-19)26(34)33-13-11-32(3)12-14-33/h6-7,9-10,15-17H,4,11-14H2,1-3H3,(H,28,29). The highest BCUT2D eigenvalue weighted by Gasteiger charge is 2.23. The average Bonchev–Trinajstić information content (AvgIpc) is 2.87. The van der Waals surface area contributed by atoms with E-state index >= 15 is 0 Å². The van der Waals surface area contributed by atoms with Gasteiger partial charge in [0.1, 0.15) is 12.1 Å². The second kappa shape index (κ2) is 10.6. The van der Waals surface area contributed by atoms with Gasteiger partial charge in [-0.1, -0.05) is 36.4 Å². The van der Waals surface area contributed by atoms with E-state index in [-0.39, 0.29) is 5.91 Å². The molecule has 0 radical (unpaired) electrons. The maximum absolute atomic E-state index is 13.0. The molecule has 0 aliphatic carbocycles. The summed E-state index contributed by atoms with van der Waals surface area (Å²) in [5, 5.41) is 3.40. The lowest BCUT2D eigenvalue weighted by atomic mass is 10.0. The number of rotatable bonds is 4. The molecular formula is C26H27ClN6O. The maximum Gasteiger partial charge on any atom is 0.255 e. The van der Waals surface area contributed by atoms with Gasteiger partial charge in [-0.15, -0.1) is 0 Å². The first-order valence-corrected chi connectivity index (χ1v) is 11.7. The summed E-state index contributed by atoms with van der Waals surface area (Å²) in [5.41, 5.74) is 4.39. The molecule has 4 rings (SSSR count). The molecule has 1 amide bonds. The number of carbonyl (C=O) groups is 1. The van der Waals surface area contributed by atoms with Crippen LogP contribution in [0.25, 0.3) is 11.3 Å². The Morgan fingerprint density at radius 3 is 2.53 bits per heavy atom. The normalized spacial score (nSPS) is 13.8. The smallest absolute Gasteiger partial charge is 0.255 e. The van der Waals surface area contributed by atoms with E-state index in [0.717, 1.165) is 41.3 Å². The van der Waals surface area contributed by atoms with E-state index in [1.807, 2.05) is 37.1 Å². The minimum atomic E-state index is -0.0425. The molecule has 0 saturated carbocycles. The van der Waals surface area contributed by atoms with E-state index in [0.29, 0.717) is 35.8 Å². The number of carbonyl (C=O) groups excluding carboxylic acids is 1. The summed E-state index contributed by atoms with van der Waals surface area (Å²) < 4.78 is 0. The highest BCUT2D eigenvalue weighted by atomic mass is 35.5. The number of hydrogen-bond donors (Lipinski definition) is 1. The van der Waals surface area contributed by atoms with Crippen molar-refractivity contribution in [2.45, 2.75) is 13.3 Å². The lowest BCUT2D eigenvalue weighted by Crippen LogP contribution is -2.47. The zero-order valence-electron chi connectivity index (χ0n) is 19.6. The number of anilines is 1. The van der Waals surface area contributed by atoms with Crippen LogP contribution in [0.4, 0.5) is 5.82 Å². The van der Waals surface area contributed by atoms with Crippen LogP contribution >= 0.6 is 11.6 Å². The van der Waals surface area contributed by atoms with Gasteiger partial charge in [-0.3, -0.25) is 4.79 Å². The van der Waals surface area contributed by atoms with Crippen molar-refractivity contribution in [3.8, 4) is 23.1 Å². The Balaban J connectivity index is 1.66. The molecule has 1 N–H and O–H groups in total. The van der Waals surface area contributed by atoms with Crippen molar-refractivity contribution >= 4 is 23.3 Å². The quantitative estimate of drug-likeness (QED) is 0.582. The second-order valence-corrected chi connectivity index (χ2v) is 8.53. The van der Waals surface area contributed by atoms with E-state index in [2.05, 4.69) is 44.1 Å². The molecule has 1 aliphatic heterocycles. The third-order valence-corrected chi connectivity index (χ3v) is 6.19. The molecule has 1 aliphatic rings. The van der Waals surface area contributed by atoms with Crippen LogP contribution < -0.4 is 5.32 Å². The molecule has 1 fully saturated rings. The molecule has 7 nitrogen and oxygen atoms in total. The number of benzene rings is 1. The molecule has 0 unspecified atom stereocenters. The summed E-state index contributed by atoms with van der Waals surface area (Å²) in [6.45, 7) is 5.15. The second-order valence-electron chi connectivity index (χ2n) is 8.12. The molecule has 2 aromatic heterocycles. The Kier molecular flexibility index (Phi) is 7.41. The van der Waals surface area contributed by atoms with Crippen LogP contribution in [0.3, 0.4) is 0 Å². The fourth-order valence-electron chi connectivity index (χ4n) is 3.81. The first kappa shape index (κ1) is 23.7. The van der Waals surface area contributed by atoms with Gasteiger partial charge in [0.15, 0.2) is 0 Å². The van der Waals surface area contributed by atoms with Crippen LogP contribution in [0.2, 0.25) is 5.02 Å². The van der Waals surface area contributed by atoms with Gasteiger partial charge in [0.2, 0.25) is 0 Å². The molecule has 174 valence electrons. The van der Waals surface area contributed by atoms with E-state index in [9.17, 15) is 4.79 Å². The third-order valence-electron chi connectivity index (χ3n) is 5.88. The van der Waals surface area contributed by atoms with Crippen molar-refractivity contribution in [3.63, 3.8) is 0 Å². The Bertz CT molecular complexity index is 1240. The van der Waals surface area contributed by atoms with Gasteiger partial charge in [0.05, 0.1) is 27.5 Å². The zero-order chi connectivity index (χ0) is 24.1. The molecule has 8 heteroatoms. The van der Waals surface area contributed by atoms with Crippen molar-refractivity contribution < 1.29 is 4.79 Å². The summed E-state index contributed by atoms with van der Waals surface area (Å²) in [5.74, 6) is 7.15. The summed E-state index contributed by atoms with van der Waals surface area (Å²) in [6.07, 6.45) is 3.98. The highest BCUT2D eigenvalue weighted by molar-refractivity contribution is 6.34. The minimum Gasteiger partial charge on any atom is -0.373 e. The Morgan fingerprint density at radius 2 is 1.88 bits per heavy atom. The fraction of sp³-hybridized carbons (Fsp3) is 0.308. The van der Waals surface area contributed by atoms with E-state index in [4.69, 9.17) is 11.6 Å². The molecule has 0 atom stereocenters. The van der Waals surface area contributed by atoms with Crippen molar-refractivity contribution in [3.05, 3.63) is 70.3 Å². The van der Waals surface area contributed by atoms with E-state index in [1.165, 1.54) is 0 Å². The molecule has 3 heterocycles. The summed E-state index contributed by atoms with van der Waals surface area (Å²) >= 11 is 6.60. The van der Waals surface area contributed by atoms with Crippen molar-refractivity contribution in [1.82, 2.24) is 24.8 Å². The predicted molar refractivity (Wildman–Crippen MR) is 135 cm³/mol. The molecule has 34 heavy (non-hydrogen) atoms. The van der Waals surface area contributed by atoms with Crippen LogP contribution in [0.15, 0.2) is 42.9 Å².